The maximum atomic E-state index is 13.2. The van der Waals surface area contributed by atoms with Gasteiger partial charge >= 0.3 is 0 Å². The van der Waals surface area contributed by atoms with Crippen LogP contribution >= 0.6 is 0 Å². The second-order valence-electron chi connectivity index (χ2n) is 9.03. The third-order valence-corrected chi connectivity index (χ3v) is 6.50. The minimum atomic E-state index is -0.578. The minimum Gasteiger partial charge on any atom is -0.481 e. The number of nitrogens with one attached hydrogen (secondary N) is 1. The van der Waals surface area contributed by atoms with Gasteiger partial charge in [-0.25, -0.2) is 0 Å². The number of nitrogens with zero attached hydrogens (tertiary/aromatic N) is 1. The van der Waals surface area contributed by atoms with E-state index in [1.165, 1.54) is 11.1 Å². The number of aryl methyl sites for hydroxylation is 1. The van der Waals surface area contributed by atoms with Crippen LogP contribution in [0.1, 0.15) is 54.5 Å². The van der Waals surface area contributed by atoms with Gasteiger partial charge in [0.2, 0.25) is 5.91 Å². The van der Waals surface area contributed by atoms with Crippen LogP contribution in [0.3, 0.4) is 0 Å². The lowest BCUT2D eigenvalue weighted by Gasteiger charge is -2.38. The second kappa shape index (κ2) is 10.4. The number of methoxy groups -OCH3 is 1. The smallest absolute Gasteiger partial charge is 0.261 e. The van der Waals surface area contributed by atoms with Crippen LogP contribution in [0, 0.1) is 12.8 Å². The van der Waals surface area contributed by atoms with Gasteiger partial charge in [-0.05, 0) is 61.4 Å². The first-order chi connectivity index (χ1) is 16.0. The van der Waals surface area contributed by atoms with Gasteiger partial charge in [0.05, 0.1) is 12.6 Å². The van der Waals surface area contributed by atoms with E-state index in [0.29, 0.717) is 25.3 Å². The van der Waals surface area contributed by atoms with Crippen molar-refractivity contribution in [1.29, 1.82) is 0 Å². The summed E-state index contributed by atoms with van der Waals surface area (Å²) in [4.78, 5) is 27.8. The third kappa shape index (κ3) is 5.38. The molecule has 1 saturated carbocycles. The van der Waals surface area contributed by atoms with E-state index in [1.54, 1.807) is 7.11 Å². The predicted octanol–water partition coefficient (Wildman–Crippen LogP) is 3.80. The Kier molecular flexibility index (Phi) is 7.33. The van der Waals surface area contributed by atoms with E-state index < -0.39 is 6.10 Å². The number of hydrogen-bond acceptors (Lipinski definition) is 4. The number of carbonyl (C=O) groups is 2. The van der Waals surface area contributed by atoms with Gasteiger partial charge in [-0.3, -0.25) is 9.59 Å². The summed E-state index contributed by atoms with van der Waals surface area (Å²) in [5.41, 5.74) is 4.62. The zero-order valence-electron chi connectivity index (χ0n) is 19.8. The Morgan fingerprint density at radius 3 is 2.58 bits per heavy atom. The molecule has 2 aliphatic rings. The molecule has 2 amide bonds. The number of rotatable bonds is 9. The Labute approximate surface area is 196 Å². The SMILES string of the molecule is CC[C@@H](Oc1ccc2c(c1)[C@@H](c1ccc(C)cc1)N(C(=O)C1CC1)CC2)C(=O)NCCOC. The summed E-state index contributed by atoms with van der Waals surface area (Å²) < 4.78 is 11.1. The molecule has 1 heterocycles. The molecule has 2 aromatic carbocycles. The highest BCUT2D eigenvalue weighted by molar-refractivity contribution is 5.82. The van der Waals surface area contributed by atoms with Crippen molar-refractivity contribution in [3.63, 3.8) is 0 Å². The first-order valence-corrected chi connectivity index (χ1v) is 11.9. The van der Waals surface area contributed by atoms with Crippen LogP contribution < -0.4 is 10.1 Å². The van der Waals surface area contributed by atoms with Gasteiger partial charge in [0.1, 0.15) is 5.75 Å². The molecule has 0 radical (unpaired) electrons. The van der Waals surface area contributed by atoms with Gasteiger partial charge in [-0.1, -0.05) is 42.8 Å². The molecule has 0 spiro atoms. The molecule has 1 N–H and O–H groups in total. The number of amides is 2. The molecule has 4 rings (SSSR count). The van der Waals surface area contributed by atoms with E-state index >= 15 is 0 Å². The molecule has 0 aromatic heterocycles. The molecule has 6 heteroatoms. The van der Waals surface area contributed by atoms with Gasteiger partial charge in [-0.15, -0.1) is 0 Å². The van der Waals surface area contributed by atoms with Gasteiger partial charge in [0, 0.05) is 26.1 Å². The van der Waals surface area contributed by atoms with E-state index in [2.05, 4.69) is 42.6 Å². The van der Waals surface area contributed by atoms with Crippen LogP contribution in [0.25, 0.3) is 0 Å². The predicted molar refractivity (Wildman–Crippen MR) is 127 cm³/mol. The lowest BCUT2D eigenvalue weighted by Crippen LogP contribution is -2.41. The van der Waals surface area contributed by atoms with Crippen molar-refractivity contribution in [2.45, 2.75) is 51.7 Å². The zero-order chi connectivity index (χ0) is 23.4. The van der Waals surface area contributed by atoms with Crippen molar-refractivity contribution in [3.8, 4) is 5.75 Å². The number of carbonyl (C=O) groups excluding carboxylic acids is 2. The van der Waals surface area contributed by atoms with E-state index in [0.717, 1.165) is 36.9 Å². The monoisotopic (exact) mass is 450 g/mol. The first kappa shape index (κ1) is 23.3. The highest BCUT2D eigenvalue weighted by Crippen LogP contribution is 2.41. The van der Waals surface area contributed by atoms with Crippen LogP contribution in [0.2, 0.25) is 0 Å². The van der Waals surface area contributed by atoms with Crippen LogP contribution in [-0.4, -0.2) is 49.6 Å². The standard InChI is InChI=1S/C27H34N2O4/c1-4-24(26(30)28-14-16-32-3)33-22-12-11-19-13-15-29(27(31)21-9-10-21)25(23(19)17-22)20-7-5-18(2)6-8-20/h5-8,11-12,17,21,24-25H,4,9-10,13-16H2,1-3H3,(H,28,30)/t24-,25-/m1/s1. The van der Waals surface area contributed by atoms with Crippen molar-refractivity contribution in [3.05, 3.63) is 64.7 Å². The number of fused-ring (bicyclic) bond motifs is 1. The second-order valence-corrected chi connectivity index (χ2v) is 9.03. The third-order valence-electron chi connectivity index (χ3n) is 6.50. The average molecular weight is 451 g/mol. The molecule has 1 fully saturated rings. The molecule has 0 saturated heterocycles. The summed E-state index contributed by atoms with van der Waals surface area (Å²) in [6.07, 6.45) is 2.78. The molecule has 33 heavy (non-hydrogen) atoms. The highest BCUT2D eigenvalue weighted by Gasteiger charge is 2.39. The number of ether oxygens (including phenoxy) is 2. The van der Waals surface area contributed by atoms with Crippen molar-refractivity contribution in [2.75, 3.05) is 26.8 Å². The average Bonchev–Trinajstić information content (AvgIpc) is 3.67. The molecule has 6 nitrogen and oxygen atoms in total. The summed E-state index contributed by atoms with van der Waals surface area (Å²) >= 11 is 0. The van der Waals surface area contributed by atoms with E-state index in [-0.39, 0.29) is 23.8 Å². The highest BCUT2D eigenvalue weighted by atomic mass is 16.5. The summed E-state index contributed by atoms with van der Waals surface area (Å²) in [5.74, 6) is 0.925. The lowest BCUT2D eigenvalue weighted by atomic mass is 9.87. The van der Waals surface area contributed by atoms with Gasteiger partial charge in [0.15, 0.2) is 6.10 Å². The fraction of sp³-hybridized carbons (Fsp3) is 0.481. The Hall–Kier alpha value is -2.86. The molecule has 2 atom stereocenters. The quantitative estimate of drug-likeness (QED) is 0.590. The topological polar surface area (TPSA) is 67.9 Å². The van der Waals surface area contributed by atoms with Crippen molar-refractivity contribution < 1.29 is 19.1 Å². The maximum Gasteiger partial charge on any atom is 0.261 e. The maximum absolute atomic E-state index is 13.2. The summed E-state index contributed by atoms with van der Waals surface area (Å²) in [6, 6.07) is 14.3. The molecule has 1 aliphatic carbocycles. The van der Waals surface area contributed by atoms with Crippen LogP contribution in [0.4, 0.5) is 0 Å². The molecule has 0 bridgehead atoms. The summed E-state index contributed by atoms with van der Waals surface area (Å²) in [5, 5.41) is 2.86. The Morgan fingerprint density at radius 1 is 1.15 bits per heavy atom. The minimum absolute atomic E-state index is 0.137. The fourth-order valence-electron chi connectivity index (χ4n) is 4.45. The van der Waals surface area contributed by atoms with Crippen molar-refractivity contribution in [1.82, 2.24) is 10.2 Å². The van der Waals surface area contributed by atoms with Crippen LogP contribution in [0.5, 0.6) is 5.75 Å². The van der Waals surface area contributed by atoms with E-state index in [4.69, 9.17) is 9.47 Å². The van der Waals surface area contributed by atoms with Crippen molar-refractivity contribution in [2.24, 2.45) is 5.92 Å². The molecular formula is C27H34N2O4. The molecular weight excluding hydrogens is 416 g/mol. The van der Waals surface area contributed by atoms with Gasteiger partial charge < -0.3 is 19.7 Å². The Morgan fingerprint density at radius 2 is 1.91 bits per heavy atom. The van der Waals surface area contributed by atoms with Crippen molar-refractivity contribution >= 4 is 11.8 Å². The Bertz CT molecular complexity index is 984. The first-order valence-electron chi connectivity index (χ1n) is 11.9. The van der Waals surface area contributed by atoms with Gasteiger partial charge in [-0.2, -0.15) is 0 Å². The zero-order valence-corrected chi connectivity index (χ0v) is 19.8. The lowest BCUT2D eigenvalue weighted by molar-refractivity contribution is -0.134. The van der Waals surface area contributed by atoms with E-state index in [9.17, 15) is 9.59 Å². The Balaban J connectivity index is 1.62. The molecule has 1 aliphatic heterocycles. The van der Waals surface area contributed by atoms with Crippen LogP contribution in [-0.2, 0) is 20.7 Å². The number of benzene rings is 2. The molecule has 0 unspecified atom stereocenters. The van der Waals surface area contributed by atoms with E-state index in [1.807, 2.05) is 24.0 Å². The largest absolute Gasteiger partial charge is 0.481 e. The van der Waals surface area contributed by atoms with Crippen LogP contribution in [0.15, 0.2) is 42.5 Å². The molecule has 2 aromatic rings. The summed E-state index contributed by atoms with van der Waals surface area (Å²) in [7, 11) is 1.61. The summed E-state index contributed by atoms with van der Waals surface area (Å²) in [6.45, 7) is 5.64. The fourth-order valence-corrected chi connectivity index (χ4v) is 4.45. The molecule has 176 valence electrons. The number of hydrogen-bond donors (Lipinski definition) is 1. The normalized spacial score (nSPS) is 18.4. The van der Waals surface area contributed by atoms with Gasteiger partial charge in [0.25, 0.3) is 5.91 Å².